The Morgan fingerprint density at radius 1 is 1.17 bits per heavy atom. The number of aromatic nitrogens is 3. The van der Waals surface area contributed by atoms with Crippen molar-refractivity contribution >= 4 is 5.82 Å². The van der Waals surface area contributed by atoms with Crippen molar-refractivity contribution in [3.63, 3.8) is 0 Å². The third-order valence-electron chi connectivity index (χ3n) is 3.69. The molecular formula is C16H23N5O2. The number of benzene rings is 1. The number of rotatable bonds is 6. The molecule has 7 nitrogen and oxygen atoms in total. The third kappa shape index (κ3) is 4.07. The van der Waals surface area contributed by atoms with Crippen LogP contribution in [-0.4, -0.2) is 46.4 Å². The standard InChI is InChI=1S/C16H23N5O2/c1-19(2)11-13(12-8-6-5-7-9-12)10-17-14-15(22)20(3)16(23)21(4)18-14/h5-9,13H,10-11H2,1-4H3,(H,17,18). The van der Waals surface area contributed by atoms with Gasteiger partial charge in [0.15, 0.2) is 0 Å². The van der Waals surface area contributed by atoms with Crippen molar-refractivity contribution in [1.29, 1.82) is 0 Å². The summed E-state index contributed by atoms with van der Waals surface area (Å²) in [7, 11) is 7.01. The van der Waals surface area contributed by atoms with Gasteiger partial charge in [-0.1, -0.05) is 30.3 Å². The van der Waals surface area contributed by atoms with E-state index in [1.807, 2.05) is 32.3 Å². The van der Waals surface area contributed by atoms with Gasteiger partial charge in [0.05, 0.1) is 0 Å². The molecule has 1 atom stereocenters. The number of hydrogen-bond acceptors (Lipinski definition) is 5. The summed E-state index contributed by atoms with van der Waals surface area (Å²) in [6, 6.07) is 10.1. The highest BCUT2D eigenvalue weighted by atomic mass is 16.2. The molecule has 1 N–H and O–H groups in total. The first-order valence-electron chi connectivity index (χ1n) is 7.48. The SMILES string of the molecule is CN(C)CC(CNc1nn(C)c(=O)n(C)c1=O)c1ccccc1. The summed E-state index contributed by atoms with van der Waals surface area (Å²) in [4.78, 5) is 25.9. The maximum absolute atomic E-state index is 12.1. The van der Waals surface area contributed by atoms with Crippen molar-refractivity contribution in [2.75, 3.05) is 32.5 Å². The Labute approximate surface area is 135 Å². The first kappa shape index (κ1) is 17.0. The Bertz CT molecular complexity index is 764. The zero-order chi connectivity index (χ0) is 17.0. The monoisotopic (exact) mass is 317 g/mol. The van der Waals surface area contributed by atoms with E-state index in [-0.39, 0.29) is 11.7 Å². The van der Waals surface area contributed by atoms with Crippen LogP contribution >= 0.6 is 0 Å². The third-order valence-corrected chi connectivity index (χ3v) is 3.69. The highest BCUT2D eigenvalue weighted by molar-refractivity contribution is 5.31. The number of hydrogen-bond donors (Lipinski definition) is 1. The van der Waals surface area contributed by atoms with Crippen LogP contribution < -0.4 is 16.6 Å². The first-order valence-corrected chi connectivity index (χ1v) is 7.48. The van der Waals surface area contributed by atoms with Crippen LogP contribution in [0.3, 0.4) is 0 Å². The summed E-state index contributed by atoms with van der Waals surface area (Å²) in [5, 5.41) is 7.12. The van der Waals surface area contributed by atoms with Crippen molar-refractivity contribution in [2.45, 2.75) is 5.92 Å². The van der Waals surface area contributed by atoms with Gasteiger partial charge < -0.3 is 10.2 Å². The predicted molar refractivity (Wildman–Crippen MR) is 90.9 cm³/mol. The maximum atomic E-state index is 12.1. The predicted octanol–water partition coefficient (Wildman–Crippen LogP) is 0.236. The van der Waals surface area contributed by atoms with E-state index in [1.54, 1.807) is 0 Å². The van der Waals surface area contributed by atoms with Gasteiger partial charge in [-0.05, 0) is 19.7 Å². The second kappa shape index (κ2) is 7.23. The summed E-state index contributed by atoms with van der Waals surface area (Å²) < 4.78 is 2.21. The molecule has 0 aliphatic rings. The van der Waals surface area contributed by atoms with Crippen molar-refractivity contribution in [2.24, 2.45) is 14.1 Å². The van der Waals surface area contributed by atoms with Crippen LogP contribution in [-0.2, 0) is 14.1 Å². The molecule has 0 spiro atoms. The molecule has 1 unspecified atom stereocenters. The molecule has 2 aromatic rings. The Morgan fingerprint density at radius 2 is 1.83 bits per heavy atom. The van der Waals surface area contributed by atoms with Gasteiger partial charge in [0.25, 0.3) is 5.56 Å². The highest BCUT2D eigenvalue weighted by Gasteiger charge is 2.15. The summed E-state index contributed by atoms with van der Waals surface area (Å²) in [6.45, 7) is 1.39. The van der Waals surface area contributed by atoms with Gasteiger partial charge in [-0.3, -0.25) is 9.36 Å². The molecule has 0 fully saturated rings. The topological polar surface area (TPSA) is 72.2 Å². The lowest BCUT2D eigenvalue weighted by molar-refractivity contribution is 0.378. The van der Waals surface area contributed by atoms with E-state index in [1.165, 1.54) is 19.7 Å². The van der Waals surface area contributed by atoms with E-state index in [0.717, 1.165) is 15.8 Å². The smallest absolute Gasteiger partial charge is 0.346 e. The number of aryl methyl sites for hydroxylation is 1. The van der Waals surface area contributed by atoms with E-state index in [9.17, 15) is 9.59 Å². The molecule has 1 aromatic carbocycles. The molecule has 2 rings (SSSR count). The molecule has 0 aliphatic carbocycles. The first-order chi connectivity index (χ1) is 10.9. The van der Waals surface area contributed by atoms with Crippen LogP contribution in [0, 0.1) is 0 Å². The fourth-order valence-corrected chi connectivity index (χ4v) is 2.48. The average molecular weight is 317 g/mol. The summed E-state index contributed by atoms with van der Waals surface area (Å²) in [5.41, 5.74) is 0.341. The quantitative estimate of drug-likeness (QED) is 0.826. The van der Waals surface area contributed by atoms with Crippen LogP contribution in [0.2, 0.25) is 0 Å². The van der Waals surface area contributed by atoms with Crippen LogP contribution in [0.15, 0.2) is 39.9 Å². The Balaban J connectivity index is 2.23. The van der Waals surface area contributed by atoms with Crippen LogP contribution in [0.4, 0.5) is 5.82 Å². The molecule has 0 radical (unpaired) electrons. The van der Waals surface area contributed by atoms with Crippen molar-refractivity contribution in [1.82, 2.24) is 19.2 Å². The molecule has 7 heteroatoms. The van der Waals surface area contributed by atoms with Crippen molar-refractivity contribution in [3.8, 4) is 0 Å². The van der Waals surface area contributed by atoms with E-state index < -0.39 is 11.2 Å². The molecule has 0 amide bonds. The lowest BCUT2D eigenvalue weighted by atomic mass is 9.98. The maximum Gasteiger partial charge on any atom is 0.346 e. The van der Waals surface area contributed by atoms with Crippen LogP contribution in [0.25, 0.3) is 0 Å². The lowest BCUT2D eigenvalue weighted by Gasteiger charge is -2.22. The molecular weight excluding hydrogens is 294 g/mol. The number of anilines is 1. The van der Waals surface area contributed by atoms with E-state index >= 15 is 0 Å². The Morgan fingerprint density at radius 3 is 2.43 bits per heavy atom. The van der Waals surface area contributed by atoms with Gasteiger partial charge in [0.1, 0.15) is 0 Å². The van der Waals surface area contributed by atoms with E-state index in [0.29, 0.717) is 6.54 Å². The fourth-order valence-electron chi connectivity index (χ4n) is 2.48. The van der Waals surface area contributed by atoms with Gasteiger partial charge in [-0.15, -0.1) is 5.10 Å². The number of nitrogens with zero attached hydrogens (tertiary/aromatic N) is 4. The van der Waals surface area contributed by atoms with Crippen molar-refractivity contribution in [3.05, 3.63) is 56.7 Å². The molecule has 1 heterocycles. The van der Waals surface area contributed by atoms with Gasteiger partial charge in [-0.25, -0.2) is 9.48 Å². The molecule has 0 saturated heterocycles. The van der Waals surface area contributed by atoms with Gasteiger partial charge in [0.2, 0.25) is 5.82 Å². The summed E-state index contributed by atoms with van der Waals surface area (Å²) >= 11 is 0. The van der Waals surface area contributed by atoms with E-state index in [4.69, 9.17) is 0 Å². The van der Waals surface area contributed by atoms with Gasteiger partial charge >= 0.3 is 5.69 Å². The molecule has 0 saturated carbocycles. The van der Waals surface area contributed by atoms with Gasteiger partial charge in [-0.2, -0.15) is 0 Å². The van der Waals surface area contributed by atoms with Crippen molar-refractivity contribution < 1.29 is 0 Å². The summed E-state index contributed by atoms with van der Waals surface area (Å²) in [6.07, 6.45) is 0. The molecule has 0 aliphatic heterocycles. The van der Waals surface area contributed by atoms with Crippen LogP contribution in [0.1, 0.15) is 11.5 Å². The minimum atomic E-state index is -0.437. The molecule has 0 bridgehead atoms. The minimum Gasteiger partial charge on any atom is -0.363 e. The molecule has 1 aromatic heterocycles. The Kier molecular flexibility index (Phi) is 5.33. The second-order valence-electron chi connectivity index (χ2n) is 5.87. The zero-order valence-electron chi connectivity index (χ0n) is 14.0. The second-order valence-corrected chi connectivity index (χ2v) is 5.87. The normalized spacial score (nSPS) is 12.4. The highest BCUT2D eigenvalue weighted by Crippen LogP contribution is 2.16. The average Bonchev–Trinajstić information content (AvgIpc) is 2.54. The Hall–Kier alpha value is -2.41. The zero-order valence-corrected chi connectivity index (χ0v) is 14.0. The van der Waals surface area contributed by atoms with E-state index in [2.05, 4.69) is 27.4 Å². The number of nitrogens with one attached hydrogen (secondary N) is 1. The lowest BCUT2D eigenvalue weighted by Crippen LogP contribution is -2.40. The molecule has 124 valence electrons. The molecule has 23 heavy (non-hydrogen) atoms. The fraction of sp³-hybridized carbons (Fsp3) is 0.438. The summed E-state index contributed by atoms with van der Waals surface area (Å²) in [5.74, 6) is 0.393. The number of likely N-dealkylation sites (N-methyl/N-ethyl adjacent to an activating group) is 1. The largest absolute Gasteiger partial charge is 0.363 e. The van der Waals surface area contributed by atoms with Crippen LogP contribution in [0.5, 0.6) is 0 Å². The van der Waals surface area contributed by atoms with Gasteiger partial charge in [0, 0.05) is 33.1 Å². The minimum absolute atomic E-state index is 0.189.